The van der Waals surface area contributed by atoms with Crippen LogP contribution in [0.4, 0.5) is 102 Å². The molecule has 1 aromatic heterocycles. The molecule has 7 nitrogen and oxygen atoms in total. The predicted molar refractivity (Wildman–Crippen MR) is 445 cm³/mol. The quantitative estimate of drug-likeness (QED) is 0.119. The summed E-state index contributed by atoms with van der Waals surface area (Å²) < 4.78 is 6.78. The zero-order chi connectivity index (χ0) is 70.3. The van der Waals surface area contributed by atoms with E-state index in [-0.39, 0.29) is 13.4 Å². The van der Waals surface area contributed by atoms with Gasteiger partial charge in [0.05, 0.1) is 28.4 Å². The average Bonchev–Trinajstić information content (AvgIpc) is 1.03. The van der Waals surface area contributed by atoms with Crippen LogP contribution in [-0.2, 0) is 0 Å². The largest absolute Gasteiger partial charge is 0.456 e. The van der Waals surface area contributed by atoms with E-state index in [1.165, 1.54) is 83.2 Å². The van der Waals surface area contributed by atoms with E-state index in [4.69, 9.17) is 4.42 Å². The molecule has 20 rings (SSSR count). The average molecular weight is 1350 g/mol. The summed E-state index contributed by atoms with van der Waals surface area (Å²) in [5, 5.41) is 2.16. The number of hydrogen-bond acceptors (Lipinski definition) is 7. The number of benzene rings is 15. The molecule has 0 spiro atoms. The number of aryl methyl sites for hydroxylation is 6. The first-order valence-electron chi connectivity index (χ1n) is 36.5. The summed E-state index contributed by atoms with van der Waals surface area (Å²) in [6.45, 7) is 13.1. The van der Waals surface area contributed by atoms with Gasteiger partial charge in [-0.3, -0.25) is 0 Å². The SMILES string of the molecule is Cc1cc(C)c(N(c2ccccc2)c2cc3c4c(c2)N(c2c(C)cc(C)cc2C)c2ccccc2B4c2cc4c(cc2N3c2ccccc2)N(c2ccccc2-c2cccc3oc5ccccc5c23)c2cc(N(c3ccccc3)c3ccccc3)cc3c2B4c2ccccc2N3c2ccccc2)c(C)c1. The fourth-order valence-corrected chi connectivity index (χ4v) is 18.4. The van der Waals surface area contributed by atoms with E-state index in [2.05, 4.69) is 399 Å². The third-order valence-electron chi connectivity index (χ3n) is 22.2. The Bertz CT molecular complexity index is 6100. The Kier molecular flexibility index (Phi) is 14.4. The molecule has 0 radical (unpaired) electrons. The lowest BCUT2D eigenvalue weighted by atomic mass is 9.30. The van der Waals surface area contributed by atoms with Crippen LogP contribution in [0.1, 0.15) is 33.4 Å². The van der Waals surface area contributed by atoms with Crippen molar-refractivity contribution in [1.82, 2.24) is 0 Å². The van der Waals surface area contributed by atoms with Crippen LogP contribution in [0.3, 0.4) is 0 Å². The van der Waals surface area contributed by atoms with Gasteiger partial charge in [0.25, 0.3) is 13.4 Å². The van der Waals surface area contributed by atoms with Crippen LogP contribution < -0.4 is 62.2 Å². The van der Waals surface area contributed by atoms with Crippen molar-refractivity contribution < 1.29 is 4.42 Å². The molecule has 9 heteroatoms. The van der Waals surface area contributed by atoms with Crippen molar-refractivity contribution in [3.05, 3.63) is 361 Å². The molecule has 0 unspecified atom stereocenters. The highest BCUT2D eigenvalue weighted by molar-refractivity contribution is 7.03. The summed E-state index contributed by atoms with van der Waals surface area (Å²) in [7, 11) is 0. The molecule has 498 valence electrons. The summed E-state index contributed by atoms with van der Waals surface area (Å²) in [6.07, 6.45) is 0. The normalized spacial score (nSPS) is 12.9. The van der Waals surface area contributed by atoms with E-state index in [1.54, 1.807) is 0 Å². The van der Waals surface area contributed by atoms with Gasteiger partial charge in [0.2, 0.25) is 0 Å². The highest BCUT2D eigenvalue weighted by Gasteiger charge is 2.49. The number of anilines is 18. The number of hydrogen-bond donors (Lipinski definition) is 0. The second-order valence-electron chi connectivity index (χ2n) is 28.7. The molecule has 4 aliphatic heterocycles. The Morgan fingerprint density at radius 2 is 0.667 bits per heavy atom. The molecular weight excluding hydrogens is 1270 g/mol. The lowest BCUT2D eigenvalue weighted by Crippen LogP contribution is -2.65. The fourth-order valence-electron chi connectivity index (χ4n) is 18.4. The Hall–Kier alpha value is -13.0. The van der Waals surface area contributed by atoms with Crippen LogP contribution in [0, 0.1) is 41.5 Å². The minimum Gasteiger partial charge on any atom is -0.456 e. The number of fused-ring (bicyclic) bond motifs is 11. The van der Waals surface area contributed by atoms with Gasteiger partial charge >= 0.3 is 0 Å². The number of para-hydroxylation sites is 9. The Morgan fingerprint density at radius 3 is 1.23 bits per heavy atom. The van der Waals surface area contributed by atoms with E-state index in [0.29, 0.717) is 0 Å². The van der Waals surface area contributed by atoms with Crippen molar-refractivity contribution in [2.45, 2.75) is 41.5 Å². The van der Waals surface area contributed by atoms with E-state index in [1.807, 2.05) is 0 Å². The maximum Gasteiger partial charge on any atom is 0.252 e. The van der Waals surface area contributed by atoms with Crippen LogP contribution in [0.2, 0.25) is 0 Å². The van der Waals surface area contributed by atoms with Crippen molar-refractivity contribution in [2.75, 3.05) is 29.4 Å². The molecule has 4 aliphatic rings. The van der Waals surface area contributed by atoms with Gasteiger partial charge in [0, 0.05) is 90.3 Å². The molecule has 0 aliphatic carbocycles. The standard InChI is InChI=1S/C96H72B2N6O/c1-61-51-63(3)95(64(4)52-61)100(69-35-16-9-17-36-69)73-57-87-94-89(58-73)104(96-65(5)53-62(2)54-66(96)6)83-48-28-25-45-78(83)98(94)79-59-80-85(60-84(79)102(87)71-39-20-11-21-40-71)103(81-46-26-22-41-74(81)75-43-30-50-91-92(75)76-42-23-29-49-90(76)105-91)88-56-72(99(67-31-12-7-13-32-67)68-33-14-8-15-34-68)55-86-93(88)97(80)77-44-24-27-47-82(77)101(86)70-37-18-10-19-38-70/h7-60H,1-6H3. The highest BCUT2D eigenvalue weighted by atomic mass is 16.3. The van der Waals surface area contributed by atoms with Crippen molar-refractivity contribution in [3.8, 4) is 11.1 Å². The topological polar surface area (TPSA) is 32.6 Å². The Morgan fingerprint density at radius 1 is 0.267 bits per heavy atom. The third-order valence-corrected chi connectivity index (χ3v) is 22.2. The van der Waals surface area contributed by atoms with Gasteiger partial charge in [-0.15, -0.1) is 0 Å². The molecule has 0 atom stereocenters. The minimum atomic E-state index is -0.242. The first-order valence-corrected chi connectivity index (χ1v) is 36.5. The third kappa shape index (κ3) is 9.68. The number of nitrogens with zero attached hydrogens (tertiary/aromatic N) is 6. The van der Waals surface area contributed by atoms with Gasteiger partial charge in [0.1, 0.15) is 11.2 Å². The first-order chi connectivity index (χ1) is 51.6. The summed E-state index contributed by atoms with van der Waals surface area (Å²) in [5.74, 6) is 0. The van der Waals surface area contributed by atoms with E-state index in [9.17, 15) is 0 Å². The Balaban J connectivity index is 0.944. The van der Waals surface area contributed by atoms with E-state index < -0.39 is 0 Å². The molecular formula is C96H72B2N6O. The van der Waals surface area contributed by atoms with Crippen LogP contribution in [0.15, 0.2) is 332 Å². The molecule has 5 heterocycles. The van der Waals surface area contributed by atoms with Gasteiger partial charge in [-0.25, -0.2) is 0 Å². The monoisotopic (exact) mass is 1350 g/mol. The molecule has 0 saturated heterocycles. The maximum absolute atomic E-state index is 6.78. The van der Waals surface area contributed by atoms with Crippen LogP contribution in [-0.4, -0.2) is 13.4 Å². The lowest BCUT2D eigenvalue weighted by molar-refractivity contribution is 0.669. The van der Waals surface area contributed by atoms with Crippen molar-refractivity contribution in [2.24, 2.45) is 0 Å². The molecule has 0 bridgehead atoms. The van der Waals surface area contributed by atoms with Crippen molar-refractivity contribution >= 4 is 171 Å². The molecule has 105 heavy (non-hydrogen) atoms. The summed E-state index contributed by atoms with van der Waals surface area (Å²) in [6, 6.07) is 122. The summed E-state index contributed by atoms with van der Waals surface area (Å²) in [4.78, 5) is 15.4. The molecule has 0 fully saturated rings. The minimum absolute atomic E-state index is 0.225. The van der Waals surface area contributed by atoms with E-state index >= 15 is 0 Å². The van der Waals surface area contributed by atoms with Gasteiger partial charge in [-0.2, -0.15) is 0 Å². The van der Waals surface area contributed by atoms with Crippen molar-refractivity contribution in [3.63, 3.8) is 0 Å². The lowest BCUT2D eigenvalue weighted by Gasteiger charge is -2.48. The smallest absolute Gasteiger partial charge is 0.252 e. The summed E-state index contributed by atoms with van der Waals surface area (Å²) in [5.41, 5.74) is 38.4. The molecule has 16 aromatic rings. The van der Waals surface area contributed by atoms with Gasteiger partial charge in [-0.05, 0) is 223 Å². The fraction of sp³-hybridized carbons (Fsp3) is 0.0625. The second kappa shape index (κ2) is 24.4. The van der Waals surface area contributed by atoms with Crippen molar-refractivity contribution in [1.29, 1.82) is 0 Å². The molecule has 0 saturated carbocycles. The predicted octanol–water partition coefficient (Wildman–Crippen LogP) is 22.2. The number of rotatable bonds is 11. The van der Waals surface area contributed by atoms with Crippen LogP contribution in [0.5, 0.6) is 0 Å². The van der Waals surface area contributed by atoms with Gasteiger partial charge in [-0.1, -0.05) is 217 Å². The maximum atomic E-state index is 6.78. The highest BCUT2D eigenvalue weighted by Crippen LogP contribution is 2.55. The zero-order valence-corrected chi connectivity index (χ0v) is 59.4. The molecule has 0 N–H and O–H groups in total. The number of furan rings is 1. The second-order valence-corrected chi connectivity index (χ2v) is 28.7. The molecule has 0 amide bonds. The molecule has 15 aromatic carbocycles. The van der Waals surface area contributed by atoms with Crippen LogP contribution >= 0.6 is 0 Å². The zero-order valence-electron chi connectivity index (χ0n) is 59.4. The first kappa shape index (κ1) is 61.9. The van der Waals surface area contributed by atoms with Gasteiger partial charge in [0.15, 0.2) is 0 Å². The summed E-state index contributed by atoms with van der Waals surface area (Å²) >= 11 is 0. The Labute approximate surface area is 614 Å². The van der Waals surface area contributed by atoms with Crippen LogP contribution in [0.25, 0.3) is 33.1 Å². The van der Waals surface area contributed by atoms with Gasteiger partial charge < -0.3 is 33.8 Å². The van der Waals surface area contributed by atoms with E-state index in [0.717, 1.165) is 118 Å².